The van der Waals surface area contributed by atoms with Crippen molar-refractivity contribution in [1.29, 1.82) is 0 Å². The number of carbonyl (C=O) groups is 2. The molecule has 3 aromatic rings. The van der Waals surface area contributed by atoms with Gasteiger partial charge in [-0.25, -0.2) is 0 Å². The fourth-order valence-electron chi connectivity index (χ4n) is 5.48. The van der Waals surface area contributed by atoms with Gasteiger partial charge < -0.3 is 14.5 Å². The molecule has 0 bridgehead atoms. The van der Waals surface area contributed by atoms with Gasteiger partial charge in [-0.15, -0.1) is 0 Å². The molecular formula is C28H32N4O3. The number of hydrogen-bond acceptors (Lipinski definition) is 4. The predicted octanol–water partition coefficient (Wildman–Crippen LogP) is 4.13. The molecule has 0 N–H and O–H groups in total. The summed E-state index contributed by atoms with van der Waals surface area (Å²) in [7, 11) is 1.65. The van der Waals surface area contributed by atoms with Gasteiger partial charge >= 0.3 is 0 Å². The van der Waals surface area contributed by atoms with Crippen LogP contribution >= 0.6 is 0 Å². The summed E-state index contributed by atoms with van der Waals surface area (Å²) in [6, 6.07) is 17.7. The van der Waals surface area contributed by atoms with E-state index in [1.165, 1.54) is 0 Å². The Morgan fingerprint density at radius 2 is 1.83 bits per heavy atom. The van der Waals surface area contributed by atoms with Crippen LogP contribution in [-0.4, -0.2) is 57.1 Å². The number of amides is 2. The van der Waals surface area contributed by atoms with E-state index < -0.39 is 0 Å². The van der Waals surface area contributed by atoms with Crippen molar-refractivity contribution in [1.82, 2.24) is 19.6 Å². The first-order valence-electron chi connectivity index (χ1n) is 12.4. The van der Waals surface area contributed by atoms with Crippen LogP contribution in [0.3, 0.4) is 0 Å². The molecule has 3 heterocycles. The highest BCUT2D eigenvalue weighted by Crippen LogP contribution is 2.33. The molecule has 2 saturated heterocycles. The van der Waals surface area contributed by atoms with Crippen molar-refractivity contribution in [2.75, 3.05) is 13.7 Å². The topological polar surface area (TPSA) is 67.7 Å². The van der Waals surface area contributed by atoms with Crippen LogP contribution in [0.5, 0.6) is 5.75 Å². The van der Waals surface area contributed by atoms with Gasteiger partial charge in [-0.05, 0) is 54.7 Å². The molecule has 35 heavy (non-hydrogen) atoms. The maximum atomic E-state index is 13.8. The van der Waals surface area contributed by atoms with E-state index in [1.54, 1.807) is 13.3 Å². The molecule has 2 aliphatic heterocycles. The van der Waals surface area contributed by atoms with E-state index in [-0.39, 0.29) is 23.9 Å². The largest absolute Gasteiger partial charge is 0.497 e. The average molecular weight is 473 g/mol. The molecule has 2 atom stereocenters. The molecule has 182 valence electrons. The second-order valence-corrected chi connectivity index (χ2v) is 9.40. The SMILES string of the molecule is COc1ccc(CN2C(=O)CCCC[C@H]3[C@H]2CCN3C(=O)c2ccccc2Cn2cccn2)cc1. The third kappa shape index (κ3) is 4.94. The monoisotopic (exact) mass is 472 g/mol. The lowest BCUT2D eigenvalue weighted by Crippen LogP contribution is -2.49. The van der Waals surface area contributed by atoms with E-state index in [1.807, 2.05) is 75.3 Å². The van der Waals surface area contributed by atoms with Crippen molar-refractivity contribution in [2.24, 2.45) is 0 Å². The molecule has 0 radical (unpaired) electrons. The normalized spacial score (nSPS) is 20.3. The van der Waals surface area contributed by atoms with Gasteiger partial charge in [0, 0.05) is 37.5 Å². The standard InChI is InChI=1S/C28H32N4O3/c1-35-23-13-11-21(12-14-23)19-32-26-15-18-31(25(26)9-4-5-10-27(32)33)28(34)24-8-3-2-7-22(24)20-30-17-6-16-29-30/h2-3,6-8,11-14,16-17,25-26H,4-5,9-10,15,18-20H2,1H3/t25-,26+/m0/s1. The van der Waals surface area contributed by atoms with E-state index in [9.17, 15) is 9.59 Å². The Bertz CT molecular complexity index is 1160. The van der Waals surface area contributed by atoms with Crippen LogP contribution in [0.15, 0.2) is 67.0 Å². The first kappa shape index (κ1) is 23.1. The first-order chi connectivity index (χ1) is 17.1. The molecule has 1 aromatic heterocycles. The summed E-state index contributed by atoms with van der Waals surface area (Å²) in [6.45, 7) is 1.78. The average Bonchev–Trinajstić information content (AvgIpc) is 3.54. The molecule has 7 nitrogen and oxygen atoms in total. The molecule has 2 amide bonds. The summed E-state index contributed by atoms with van der Waals surface area (Å²) in [6.07, 6.45) is 7.77. The van der Waals surface area contributed by atoms with Crippen LogP contribution in [-0.2, 0) is 17.9 Å². The molecule has 0 saturated carbocycles. The van der Waals surface area contributed by atoms with Gasteiger partial charge in [0.25, 0.3) is 5.91 Å². The van der Waals surface area contributed by atoms with Gasteiger partial charge in [-0.1, -0.05) is 36.8 Å². The molecule has 2 fully saturated rings. The number of methoxy groups -OCH3 is 1. The summed E-state index contributed by atoms with van der Waals surface area (Å²) in [5.41, 5.74) is 2.76. The van der Waals surface area contributed by atoms with Gasteiger partial charge in [-0.2, -0.15) is 5.10 Å². The van der Waals surface area contributed by atoms with E-state index in [0.717, 1.165) is 48.1 Å². The van der Waals surface area contributed by atoms with Crippen LogP contribution in [0.25, 0.3) is 0 Å². The third-order valence-electron chi connectivity index (χ3n) is 7.28. The van der Waals surface area contributed by atoms with Gasteiger partial charge in [-0.3, -0.25) is 14.3 Å². The summed E-state index contributed by atoms with van der Waals surface area (Å²) in [5.74, 6) is 1.04. The highest BCUT2D eigenvalue weighted by Gasteiger charge is 2.42. The summed E-state index contributed by atoms with van der Waals surface area (Å²) < 4.78 is 7.12. The number of hydrogen-bond donors (Lipinski definition) is 0. The van der Waals surface area contributed by atoms with Gasteiger partial charge in [0.15, 0.2) is 0 Å². The number of benzene rings is 2. The molecule has 0 unspecified atom stereocenters. The minimum Gasteiger partial charge on any atom is -0.497 e. The molecule has 7 heteroatoms. The van der Waals surface area contributed by atoms with E-state index in [2.05, 4.69) is 5.10 Å². The number of carbonyl (C=O) groups excluding carboxylic acids is 2. The molecular weight excluding hydrogens is 440 g/mol. The van der Waals surface area contributed by atoms with Crippen molar-refractivity contribution in [3.05, 3.63) is 83.7 Å². The van der Waals surface area contributed by atoms with Crippen molar-refractivity contribution in [2.45, 2.75) is 57.3 Å². The number of rotatable bonds is 6. The Morgan fingerprint density at radius 3 is 2.60 bits per heavy atom. The zero-order chi connectivity index (χ0) is 24.2. The number of fused-ring (bicyclic) bond motifs is 1. The lowest BCUT2D eigenvalue weighted by molar-refractivity contribution is -0.135. The van der Waals surface area contributed by atoms with E-state index in [4.69, 9.17) is 4.74 Å². The first-order valence-corrected chi connectivity index (χ1v) is 12.4. The van der Waals surface area contributed by atoms with Crippen LogP contribution in [0.1, 0.15) is 53.6 Å². The number of nitrogens with zero attached hydrogens (tertiary/aromatic N) is 4. The number of ether oxygens (including phenoxy) is 1. The van der Waals surface area contributed by atoms with Crippen LogP contribution in [0, 0.1) is 0 Å². The van der Waals surface area contributed by atoms with Crippen molar-refractivity contribution in [3.8, 4) is 5.75 Å². The van der Waals surface area contributed by atoms with Crippen molar-refractivity contribution >= 4 is 11.8 Å². The summed E-state index contributed by atoms with van der Waals surface area (Å²) in [5, 5.41) is 4.31. The lowest BCUT2D eigenvalue weighted by atomic mass is 9.95. The zero-order valence-electron chi connectivity index (χ0n) is 20.2. The smallest absolute Gasteiger partial charge is 0.254 e. The number of aromatic nitrogens is 2. The Hall–Kier alpha value is -3.61. The Labute approximate surface area is 206 Å². The second kappa shape index (κ2) is 10.3. The Morgan fingerprint density at radius 1 is 1.00 bits per heavy atom. The molecule has 0 aliphatic carbocycles. The third-order valence-corrected chi connectivity index (χ3v) is 7.28. The van der Waals surface area contributed by atoms with Crippen LogP contribution in [0.4, 0.5) is 0 Å². The fraction of sp³-hybridized carbons (Fsp3) is 0.393. The van der Waals surface area contributed by atoms with E-state index in [0.29, 0.717) is 26.1 Å². The molecule has 2 aliphatic rings. The van der Waals surface area contributed by atoms with Crippen LogP contribution in [0.2, 0.25) is 0 Å². The van der Waals surface area contributed by atoms with Crippen molar-refractivity contribution in [3.63, 3.8) is 0 Å². The summed E-state index contributed by atoms with van der Waals surface area (Å²) in [4.78, 5) is 31.1. The number of likely N-dealkylation sites (tertiary alicyclic amines) is 2. The lowest BCUT2D eigenvalue weighted by Gasteiger charge is -2.37. The summed E-state index contributed by atoms with van der Waals surface area (Å²) >= 11 is 0. The minimum absolute atomic E-state index is 0.0303. The quantitative estimate of drug-likeness (QED) is 0.541. The minimum atomic E-state index is 0.0303. The highest BCUT2D eigenvalue weighted by molar-refractivity contribution is 5.96. The van der Waals surface area contributed by atoms with Gasteiger partial charge in [0.1, 0.15) is 5.75 Å². The Balaban J connectivity index is 1.38. The van der Waals surface area contributed by atoms with Crippen molar-refractivity contribution < 1.29 is 14.3 Å². The highest BCUT2D eigenvalue weighted by atomic mass is 16.5. The maximum absolute atomic E-state index is 13.8. The fourth-order valence-corrected chi connectivity index (χ4v) is 5.48. The van der Waals surface area contributed by atoms with Crippen LogP contribution < -0.4 is 4.74 Å². The Kier molecular flexibility index (Phi) is 6.84. The van der Waals surface area contributed by atoms with E-state index >= 15 is 0 Å². The predicted molar refractivity (Wildman–Crippen MR) is 133 cm³/mol. The molecule has 0 spiro atoms. The zero-order valence-corrected chi connectivity index (χ0v) is 20.2. The van der Waals surface area contributed by atoms with Gasteiger partial charge in [0.2, 0.25) is 5.91 Å². The molecule has 5 rings (SSSR count). The van der Waals surface area contributed by atoms with Gasteiger partial charge in [0.05, 0.1) is 25.7 Å². The second-order valence-electron chi connectivity index (χ2n) is 9.40. The maximum Gasteiger partial charge on any atom is 0.254 e. The molecule has 2 aromatic carbocycles.